The third-order valence-corrected chi connectivity index (χ3v) is 5.27. The molecule has 0 spiro atoms. The number of halogens is 1. The molecule has 0 saturated heterocycles. The number of nitrogens with one attached hydrogen (secondary N) is 1. The van der Waals surface area contributed by atoms with Crippen molar-refractivity contribution in [2.45, 2.75) is 6.42 Å². The first-order chi connectivity index (χ1) is 11.2. The third kappa shape index (κ3) is 3.49. The van der Waals surface area contributed by atoms with E-state index in [0.717, 1.165) is 27.8 Å². The SMILES string of the molecule is COc1ccc(CCNC(=O)c2sc3ccccc3c2Cl)cc1. The molecule has 0 saturated carbocycles. The van der Waals surface area contributed by atoms with Gasteiger partial charge in [-0.1, -0.05) is 41.9 Å². The largest absolute Gasteiger partial charge is 0.497 e. The molecule has 1 aromatic heterocycles. The van der Waals surface area contributed by atoms with Crippen LogP contribution in [0.25, 0.3) is 10.1 Å². The molecule has 118 valence electrons. The molecule has 3 nitrogen and oxygen atoms in total. The first kappa shape index (κ1) is 15.8. The zero-order chi connectivity index (χ0) is 16.2. The van der Waals surface area contributed by atoms with Gasteiger partial charge in [0.25, 0.3) is 5.91 Å². The molecular weight excluding hydrogens is 330 g/mol. The summed E-state index contributed by atoms with van der Waals surface area (Å²) in [6.45, 7) is 0.565. The average molecular weight is 346 g/mol. The Morgan fingerprint density at radius 1 is 1.17 bits per heavy atom. The Balaban J connectivity index is 1.63. The van der Waals surface area contributed by atoms with E-state index in [9.17, 15) is 4.79 Å². The predicted molar refractivity (Wildman–Crippen MR) is 95.9 cm³/mol. The fourth-order valence-corrected chi connectivity index (χ4v) is 3.79. The molecule has 1 amide bonds. The molecule has 5 heteroatoms. The Hall–Kier alpha value is -2.04. The summed E-state index contributed by atoms with van der Waals surface area (Å²) in [6, 6.07) is 15.6. The van der Waals surface area contributed by atoms with Crippen molar-refractivity contribution in [3.8, 4) is 5.75 Å². The first-order valence-corrected chi connectivity index (χ1v) is 8.46. The summed E-state index contributed by atoms with van der Waals surface area (Å²) in [5, 5.41) is 4.40. The van der Waals surface area contributed by atoms with Crippen molar-refractivity contribution < 1.29 is 9.53 Å². The number of carbonyl (C=O) groups excluding carboxylic acids is 1. The van der Waals surface area contributed by atoms with E-state index in [0.29, 0.717) is 16.4 Å². The van der Waals surface area contributed by atoms with Gasteiger partial charge in [0.1, 0.15) is 10.6 Å². The van der Waals surface area contributed by atoms with Gasteiger partial charge >= 0.3 is 0 Å². The summed E-state index contributed by atoms with van der Waals surface area (Å²) >= 11 is 7.74. The third-order valence-electron chi connectivity index (χ3n) is 3.60. The van der Waals surface area contributed by atoms with E-state index in [2.05, 4.69) is 5.32 Å². The molecule has 0 aliphatic heterocycles. The monoisotopic (exact) mass is 345 g/mol. The molecule has 1 heterocycles. The van der Waals surface area contributed by atoms with E-state index in [1.54, 1.807) is 7.11 Å². The molecule has 0 aliphatic carbocycles. The summed E-state index contributed by atoms with van der Waals surface area (Å²) in [4.78, 5) is 12.9. The number of ether oxygens (including phenoxy) is 1. The summed E-state index contributed by atoms with van der Waals surface area (Å²) < 4.78 is 6.15. The molecular formula is C18H16ClNO2S. The van der Waals surface area contributed by atoms with E-state index in [4.69, 9.17) is 16.3 Å². The summed E-state index contributed by atoms with van der Waals surface area (Å²) in [5.41, 5.74) is 1.15. The number of carbonyl (C=O) groups is 1. The van der Waals surface area contributed by atoms with Crippen LogP contribution in [0, 0.1) is 0 Å². The normalized spacial score (nSPS) is 10.7. The van der Waals surface area contributed by atoms with Gasteiger partial charge in [0.15, 0.2) is 0 Å². The molecule has 0 fully saturated rings. The van der Waals surface area contributed by atoms with Crippen LogP contribution in [-0.2, 0) is 6.42 Å². The second-order valence-corrected chi connectivity index (χ2v) is 6.53. The number of amides is 1. The van der Waals surface area contributed by atoms with Gasteiger partial charge in [0, 0.05) is 16.6 Å². The molecule has 2 aromatic carbocycles. The molecule has 0 unspecified atom stereocenters. The van der Waals surface area contributed by atoms with Gasteiger partial charge < -0.3 is 10.1 Å². The van der Waals surface area contributed by atoms with Crippen LogP contribution >= 0.6 is 22.9 Å². The quantitative estimate of drug-likeness (QED) is 0.737. The lowest BCUT2D eigenvalue weighted by atomic mass is 10.1. The molecule has 1 N–H and O–H groups in total. The predicted octanol–water partition coefficient (Wildman–Crippen LogP) is 4.54. The maximum absolute atomic E-state index is 12.3. The summed E-state index contributed by atoms with van der Waals surface area (Å²) in [5.74, 6) is 0.708. The fraction of sp³-hybridized carbons (Fsp3) is 0.167. The Morgan fingerprint density at radius 2 is 1.91 bits per heavy atom. The van der Waals surface area contributed by atoms with Gasteiger partial charge in [0.05, 0.1) is 12.1 Å². The molecule has 0 atom stereocenters. The second-order valence-electron chi connectivity index (χ2n) is 5.10. The van der Waals surface area contributed by atoms with Crippen LogP contribution in [-0.4, -0.2) is 19.6 Å². The van der Waals surface area contributed by atoms with E-state index in [1.807, 2.05) is 48.5 Å². The van der Waals surface area contributed by atoms with E-state index >= 15 is 0 Å². The van der Waals surface area contributed by atoms with Gasteiger partial charge in [-0.3, -0.25) is 4.79 Å². The molecule has 0 bridgehead atoms. The van der Waals surface area contributed by atoms with Gasteiger partial charge in [-0.2, -0.15) is 0 Å². The van der Waals surface area contributed by atoms with Crippen molar-refractivity contribution >= 4 is 38.9 Å². The maximum atomic E-state index is 12.3. The fourth-order valence-electron chi connectivity index (χ4n) is 2.35. The summed E-state index contributed by atoms with van der Waals surface area (Å²) in [6.07, 6.45) is 0.762. The number of thiophene rings is 1. The number of fused-ring (bicyclic) bond motifs is 1. The van der Waals surface area contributed by atoms with Crippen molar-refractivity contribution in [3.63, 3.8) is 0 Å². The smallest absolute Gasteiger partial charge is 0.262 e. The number of hydrogen-bond acceptors (Lipinski definition) is 3. The van der Waals surface area contributed by atoms with Crippen LogP contribution in [0.1, 0.15) is 15.2 Å². The molecule has 0 aliphatic rings. The van der Waals surface area contributed by atoms with Crippen LogP contribution in [0.2, 0.25) is 5.02 Å². The summed E-state index contributed by atoms with van der Waals surface area (Å²) in [7, 11) is 1.64. The number of rotatable bonds is 5. The van der Waals surface area contributed by atoms with Crippen LogP contribution in [0.5, 0.6) is 5.75 Å². The highest BCUT2D eigenvalue weighted by atomic mass is 35.5. The number of hydrogen-bond donors (Lipinski definition) is 1. The Bertz CT molecular complexity index is 827. The minimum Gasteiger partial charge on any atom is -0.497 e. The molecule has 3 rings (SSSR count). The highest BCUT2D eigenvalue weighted by molar-refractivity contribution is 7.21. The minimum absolute atomic E-state index is 0.121. The zero-order valence-corrected chi connectivity index (χ0v) is 14.2. The van der Waals surface area contributed by atoms with Gasteiger partial charge in [-0.05, 0) is 30.2 Å². The number of methoxy groups -OCH3 is 1. The highest BCUT2D eigenvalue weighted by Gasteiger charge is 2.16. The zero-order valence-electron chi connectivity index (χ0n) is 12.6. The lowest BCUT2D eigenvalue weighted by Crippen LogP contribution is -2.25. The van der Waals surface area contributed by atoms with Crippen molar-refractivity contribution in [1.82, 2.24) is 5.32 Å². The molecule has 0 radical (unpaired) electrons. The van der Waals surface area contributed by atoms with Crippen molar-refractivity contribution in [3.05, 3.63) is 64.0 Å². The van der Waals surface area contributed by atoms with Crippen LogP contribution in [0.4, 0.5) is 0 Å². The number of benzene rings is 2. The Labute approximate surface area is 143 Å². The standard InChI is InChI=1S/C18H16ClNO2S/c1-22-13-8-6-12(7-9-13)10-11-20-18(21)17-16(19)14-4-2-3-5-15(14)23-17/h2-9H,10-11H2,1H3,(H,20,21). The van der Waals surface area contributed by atoms with Crippen LogP contribution in [0.3, 0.4) is 0 Å². The van der Waals surface area contributed by atoms with Gasteiger partial charge in [-0.25, -0.2) is 0 Å². The van der Waals surface area contributed by atoms with Crippen molar-refractivity contribution in [2.75, 3.05) is 13.7 Å². The Kier molecular flexibility index (Phi) is 4.84. The lowest BCUT2D eigenvalue weighted by molar-refractivity contribution is 0.0958. The topological polar surface area (TPSA) is 38.3 Å². The highest BCUT2D eigenvalue weighted by Crippen LogP contribution is 2.34. The average Bonchev–Trinajstić information content (AvgIpc) is 2.93. The molecule has 23 heavy (non-hydrogen) atoms. The van der Waals surface area contributed by atoms with E-state index < -0.39 is 0 Å². The molecule has 3 aromatic rings. The van der Waals surface area contributed by atoms with Crippen molar-refractivity contribution in [1.29, 1.82) is 0 Å². The van der Waals surface area contributed by atoms with Crippen LogP contribution in [0.15, 0.2) is 48.5 Å². The van der Waals surface area contributed by atoms with E-state index in [1.165, 1.54) is 11.3 Å². The minimum atomic E-state index is -0.121. The lowest BCUT2D eigenvalue weighted by Gasteiger charge is -2.05. The van der Waals surface area contributed by atoms with Crippen LogP contribution < -0.4 is 10.1 Å². The van der Waals surface area contributed by atoms with E-state index in [-0.39, 0.29) is 5.91 Å². The van der Waals surface area contributed by atoms with Gasteiger partial charge in [-0.15, -0.1) is 11.3 Å². The van der Waals surface area contributed by atoms with Crippen molar-refractivity contribution in [2.24, 2.45) is 0 Å². The maximum Gasteiger partial charge on any atom is 0.262 e. The first-order valence-electron chi connectivity index (χ1n) is 7.27. The second kappa shape index (κ2) is 7.02. The Morgan fingerprint density at radius 3 is 2.61 bits per heavy atom. The van der Waals surface area contributed by atoms with Gasteiger partial charge in [0.2, 0.25) is 0 Å².